The highest BCUT2D eigenvalue weighted by molar-refractivity contribution is 5.89. The first-order chi connectivity index (χ1) is 18.6. The number of fused-ring (bicyclic) bond motifs is 3. The quantitative estimate of drug-likeness (QED) is 0.496. The number of rotatable bonds is 6. The maximum absolute atomic E-state index is 13.8. The molecule has 1 heterocycles. The summed E-state index contributed by atoms with van der Waals surface area (Å²) in [7, 11) is 0. The van der Waals surface area contributed by atoms with Crippen LogP contribution >= 0.6 is 0 Å². The fourth-order valence-corrected chi connectivity index (χ4v) is 6.19. The van der Waals surface area contributed by atoms with E-state index in [2.05, 4.69) is 24.3 Å². The molecule has 0 bridgehead atoms. The number of amides is 2. The van der Waals surface area contributed by atoms with Crippen LogP contribution in [0.3, 0.4) is 0 Å². The number of likely N-dealkylation sites (tertiary alicyclic amines) is 1. The van der Waals surface area contributed by atoms with Crippen molar-refractivity contribution in [3.63, 3.8) is 0 Å². The van der Waals surface area contributed by atoms with E-state index in [4.69, 9.17) is 9.47 Å². The molecule has 8 heteroatoms. The van der Waals surface area contributed by atoms with Gasteiger partial charge in [-0.05, 0) is 61.8 Å². The maximum Gasteiger partial charge on any atom is 0.410 e. The van der Waals surface area contributed by atoms with Gasteiger partial charge in [-0.15, -0.1) is 0 Å². The predicted octanol–water partition coefficient (Wildman–Crippen LogP) is 5.89. The average Bonchev–Trinajstić information content (AvgIpc) is 3.19. The summed E-state index contributed by atoms with van der Waals surface area (Å²) in [5.74, 6) is -1.06. The summed E-state index contributed by atoms with van der Waals surface area (Å²) in [4.78, 5) is 41.8. The lowest BCUT2D eigenvalue weighted by Crippen LogP contribution is -2.76. The normalized spacial score (nSPS) is 18.5. The first-order valence-electron chi connectivity index (χ1n) is 13.9. The Hall–Kier alpha value is -3.55. The average molecular weight is 535 g/mol. The van der Waals surface area contributed by atoms with Crippen molar-refractivity contribution in [2.75, 3.05) is 26.2 Å². The van der Waals surface area contributed by atoms with Crippen LogP contribution in [0.15, 0.2) is 48.5 Å². The summed E-state index contributed by atoms with van der Waals surface area (Å²) in [6.07, 6.45) is 3.94. The Labute approximate surface area is 229 Å². The molecule has 1 N–H and O–H groups in total. The van der Waals surface area contributed by atoms with Crippen molar-refractivity contribution in [1.82, 2.24) is 9.80 Å². The first kappa shape index (κ1) is 27.0. The highest BCUT2D eigenvalue weighted by Gasteiger charge is 2.59. The summed E-state index contributed by atoms with van der Waals surface area (Å²) in [5, 5.41) is 10.4. The third kappa shape index (κ3) is 5.34. The zero-order valence-corrected chi connectivity index (χ0v) is 23.0. The number of carboxylic acid groups (broad SMARTS) is 1. The highest BCUT2D eigenvalue weighted by Crippen LogP contribution is 2.45. The molecule has 8 nitrogen and oxygen atoms in total. The van der Waals surface area contributed by atoms with Gasteiger partial charge >= 0.3 is 18.2 Å². The summed E-state index contributed by atoms with van der Waals surface area (Å²) in [6, 6.07) is 16.2. The van der Waals surface area contributed by atoms with Crippen molar-refractivity contribution in [3.05, 3.63) is 59.7 Å². The Balaban J connectivity index is 1.36. The second-order valence-corrected chi connectivity index (χ2v) is 12.1. The Bertz CT molecular complexity index is 1190. The minimum absolute atomic E-state index is 0.111. The molecule has 2 aromatic carbocycles. The molecule has 5 rings (SSSR count). The van der Waals surface area contributed by atoms with Crippen LogP contribution in [0.1, 0.15) is 69.9 Å². The van der Waals surface area contributed by atoms with E-state index >= 15 is 0 Å². The van der Waals surface area contributed by atoms with Crippen LogP contribution in [0, 0.1) is 5.92 Å². The molecule has 0 radical (unpaired) electrons. The highest BCUT2D eigenvalue weighted by atomic mass is 16.6. The van der Waals surface area contributed by atoms with Crippen molar-refractivity contribution in [1.29, 1.82) is 0 Å². The van der Waals surface area contributed by atoms with Crippen LogP contribution < -0.4 is 0 Å². The summed E-state index contributed by atoms with van der Waals surface area (Å²) in [6.45, 7) is 5.44. The van der Waals surface area contributed by atoms with Crippen LogP contribution in [0.5, 0.6) is 0 Å². The molecule has 2 fully saturated rings. The van der Waals surface area contributed by atoms with Crippen LogP contribution in [0.2, 0.25) is 0 Å². The molecule has 0 spiro atoms. The minimum atomic E-state index is -1.54. The van der Waals surface area contributed by atoms with Crippen molar-refractivity contribution in [3.8, 4) is 11.1 Å². The molecule has 0 unspecified atom stereocenters. The minimum Gasteiger partial charge on any atom is -0.479 e. The summed E-state index contributed by atoms with van der Waals surface area (Å²) >= 11 is 0. The van der Waals surface area contributed by atoms with Gasteiger partial charge in [-0.2, -0.15) is 0 Å². The lowest BCUT2D eigenvalue weighted by Gasteiger charge is -2.52. The van der Waals surface area contributed by atoms with Crippen LogP contribution in [-0.2, 0) is 14.3 Å². The molecule has 2 amide bonds. The van der Waals surface area contributed by atoms with Gasteiger partial charge in [0.15, 0.2) is 5.54 Å². The first-order valence-corrected chi connectivity index (χ1v) is 13.9. The number of carboxylic acids is 1. The Kier molecular flexibility index (Phi) is 7.31. The second kappa shape index (κ2) is 10.5. The molecular weight excluding hydrogens is 496 g/mol. The van der Waals surface area contributed by atoms with Crippen molar-refractivity contribution in [2.45, 2.75) is 69.9 Å². The zero-order chi connectivity index (χ0) is 27.8. The predicted molar refractivity (Wildman–Crippen MR) is 147 cm³/mol. The fourth-order valence-electron chi connectivity index (χ4n) is 6.19. The number of carbonyl (C=O) groups is 3. The van der Waals surface area contributed by atoms with E-state index in [1.54, 1.807) is 20.8 Å². The number of hydrogen-bond acceptors (Lipinski definition) is 5. The smallest absolute Gasteiger partial charge is 0.410 e. The second-order valence-electron chi connectivity index (χ2n) is 12.1. The molecule has 3 aliphatic rings. The van der Waals surface area contributed by atoms with E-state index in [-0.39, 0.29) is 31.5 Å². The Morgan fingerprint density at radius 2 is 1.51 bits per heavy atom. The van der Waals surface area contributed by atoms with Gasteiger partial charge < -0.3 is 19.5 Å². The van der Waals surface area contributed by atoms with Crippen molar-refractivity contribution >= 4 is 18.2 Å². The summed E-state index contributed by atoms with van der Waals surface area (Å²) < 4.78 is 11.4. The van der Waals surface area contributed by atoms with E-state index in [9.17, 15) is 19.5 Å². The Morgan fingerprint density at radius 1 is 0.949 bits per heavy atom. The lowest BCUT2D eigenvalue weighted by molar-refractivity contribution is -0.162. The Morgan fingerprint density at radius 3 is 2.05 bits per heavy atom. The molecule has 2 aromatic rings. The topological polar surface area (TPSA) is 96.4 Å². The number of carbonyl (C=O) groups excluding carboxylic acids is 2. The summed E-state index contributed by atoms with van der Waals surface area (Å²) in [5.41, 5.74) is 2.20. The molecule has 0 atom stereocenters. The third-order valence-electron chi connectivity index (χ3n) is 8.19. The monoisotopic (exact) mass is 534 g/mol. The van der Waals surface area contributed by atoms with Crippen LogP contribution in [0.4, 0.5) is 9.59 Å². The van der Waals surface area contributed by atoms with Gasteiger partial charge in [-0.3, -0.25) is 4.90 Å². The van der Waals surface area contributed by atoms with E-state index < -0.39 is 29.3 Å². The van der Waals surface area contributed by atoms with Crippen molar-refractivity contribution < 1.29 is 29.0 Å². The van der Waals surface area contributed by atoms with Crippen molar-refractivity contribution in [2.24, 2.45) is 5.92 Å². The van der Waals surface area contributed by atoms with Gasteiger partial charge in [-0.25, -0.2) is 14.4 Å². The molecular formula is C31H38N2O6. The van der Waals surface area contributed by atoms with E-state index in [0.29, 0.717) is 6.54 Å². The molecule has 2 aliphatic carbocycles. The van der Waals surface area contributed by atoms with Gasteiger partial charge in [-0.1, -0.05) is 67.8 Å². The van der Waals surface area contributed by atoms with E-state index in [0.717, 1.165) is 54.4 Å². The van der Waals surface area contributed by atoms with E-state index in [1.807, 2.05) is 24.3 Å². The number of ether oxygens (including phenoxy) is 2. The molecule has 1 saturated carbocycles. The van der Waals surface area contributed by atoms with Gasteiger partial charge in [0.2, 0.25) is 0 Å². The molecule has 208 valence electrons. The molecule has 1 aliphatic heterocycles. The zero-order valence-electron chi connectivity index (χ0n) is 23.0. The van der Waals surface area contributed by atoms with Gasteiger partial charge in [0.25, 0.3) is 0 Å². The van der Waals surface area contributed by atoms with Gasteiger partial charge in [0, 0.05) is 12.5 Å². The van der Waals surface area contributed by atoms with Crippen LogP contribution in [-0.4, -0.2) is 70.4 Å². The molecule has 0 aromatic heterocycles. The largest absolute Gasteiger partial charge is 0.479 e. The SMILES string of the molecule is CC(C)(C)OC(=O)N1CC(C(=O)O)(N(CC2CCCCC2)C(=O)OCC2c3ccccc3-c3ccccc32)C1. The molecule has 1 saturated heterocycles. The molecule has 39 heavy (non-hydrogen) atoms. The standard InChI is InChI=1S/C31H38N2O6/c1-30(2,3)39-28(36)32-19-31(20-32,27(34)35)33(17-21-11-5-4-6-12-21)29(37)38-18-26-24-15-9-7-13-22(24)23-14-8-10-16-25(23)26/h7-10,13-16,21,26H,4-6,11-12,17-20H2,1-3H3,(H,34,35). The van der Waals surface area contributed by atoms with Crippen LogP contribution in [0.25, 0.3) is 11.1 Å². The number of aliphatic carboxylic acids is 1. The van der Waals surface area contributed by atoms with Gasteiger partial charge in [0.05, 0.1) is 13.1 Å². The number of nitrogens with zero attached hydrogens (tertiary/aromatic N) is 2. The fraction of sp³-hybridized carbons (Fsp3) is 0.516. The lowest BCUT2D eigenvalue weighted by atomic mass is 9.84. The van der Waals surface area contributed by atoms with Gasteiger partial charge in [0.1, 0.15) is 12.2 Å². The third-order valence-corrected chi connectivity index (χ3v) is 8.19. The number of benzene rings is 2. The maximum atomic E-state index is 13.8. The van der Waals surface area contributed by atoms with E-state index in [1.165, 1.54) is 9.80 Å². The number of hydrogen-bond donors (Lipinski definition) is 1.